The summed E-state index contributed by atoms with van der Waals surface area (Å²) in [6, 6.07) is 2.94. The van der Waals surface area contributed by atoms with Gasteiger partial charge >= 0.3 is 0 Å². The molecule has 0 bridgehead atoms. The molecule has 25 heavy (non-hydrogen) atoms. The number of hydrogen-bond donors (Lipinski definition) is 2. The van der Waals surface area contributed by atoms with Crippen molar-refractivity contribution < 1.29 is 18.6 Å². The van der Waals surface area contributed by atoms with E-state index in [0.717, 1.165) is 43.7 Å². The summed E-state index contributed by atoms with van der Waals surface area (Å²) in [4.78, 5) is 4.23. The van der Waals surface area contributed by atoms with Gasteiger partial charge in [0.2, 0.25) is 0 Å². The first-order chi connectivity index (χ1) is 11.8. The zero-order valence-electron chi connectivity index (χ0n) is 14.3. The Labute approximate surface area is 164 Å². The highest BCUT2D eigenvalue weighted by molar-refractivity contribution is 14.0. The Kier molecular flexibility index (Phi) is 8.17. The Morgan fingerprint density at radius 1 is 1.24 bits per heavy atom. The van der Waals surface area contributed by atoms with Crippen LogP contribution in [0.1, 0.15) is 24.0 Å². The maximum atomic E-state index is 13.8. The average Bonchev–Trinajstić information content (AvgIpc) is 2.62. The van der Waals surface area contributed by atoms with E-state index in [2.05, 4.69) is 15.6 Å². The van der Waals surface area contributed by atoms with E-state index in [1.54, 1.807) is 7.05 Å². The smallest absolute Gasteiger partial charge is 0.191 e. The van der Waals surface area contributed by atoms with Gasteiger partial charge in [0, 0.05) is 44.5 Å². The number of nitrogens with zero attached hydrogens (tertiary/aromatic N) is 1. The van der Waals surface area contributed by atoms with Crippen molar-refractivity contribution in [3.05, 3.63) is 29.1 Å². The molecule has 2 aliphatic rings. The molecule has 2 aliphatic heterocycles. The minimum atomic E-state index is -0.287. The second kappa shape index (κ2) is 10.1. The van der Waals surface area contributed by atoms with Crippen LogP contribution < -0.4 is 15.4 Å². The predicted octanol–water partition coefficient (Wildman–Crippen LogP) is 2.40. The fraction of sp³-hybridized carbons (Fsp3) is 0.588. The fourth-order valence-electron chi connectivity index (χ4n) is 2.98. The molecule has 0 atom stereocenters. The van der Waals surface area contributed by atoms with E-state index in [-0.39, 0.29) is 36.6 Å². The molecule has 1 aromatic carbocycles. The van der Waals surface area contributed by atoms with Crippen molar-refractivity contribution in [2.24, 2.45) is 10.9 Å². The molecule has 1 fully saturated rings. The highest BCUT2D eigenvalue weighted by atomic mass is 127. The van der Waals surface area contributed by atoms with Gasteiger partial charge in [0.1, 0.15) is 11.6 Å². The molecular weight excluding hydrogens is 440 g/mol. The van der Waals surface area contributed by atoms with Crippen LogP contribution >= 0.6 is 24.0 Å². The predicted molar refractivity (Wildman–Crippen MR) is 104 cm³/mol. The van der Waals surface area contributed by atoms with E-state index >= 15 is 0 Å². The lowest BCUT2D eigenvalue weighted by Crippen LogP contribution is -2.40. The quantitative estimate of drug-likeness (QED) is 0.407. The van der Waals surface area contributed by atoms with Gasteiger partial charge in [-0.3, -0.25) is 4.99 Å². The molecule has 0 aliphatic carbocycles. The van der Waals surface area contributed by atoms with Crippen LogP contribution in [0.25, 0.3) is 0 Å². The number of nitrogens with one attached hydrogen (secondary N) is 2. The SMILES string of the molecule is CN=C(NCc1cc(F)cc2c1OCOC2)NCC1CCOCC1.I. The van der Waals surface area contributed by atoms with Gasteiger partial charge in [-0.2, -0.15) is 0 Å². The van der Waals surface area contributed by atoms with Gasteiger partial charge < -0.3 is 24.8 Å². The van der Waals surface area contributed by atoms with Crippen LogP contribution in [-0.2, 0) is 22.6 Å². The van der Waals surface area contributed by atoms with Gasteiger partial charge in [-0.1, -0.05) is 0 Å². The number of aliphatic imine (C=N–C) groups is 1. The molecule has 0 spiro atoms. The molecule has 2 N–H and O–H groups in total. The number of fused-ring (bicyclic) bond motifs is 1. The van der Waals surface area contributed by atoms with Crippen molar-refractivity contribution in [1.82, 2.24) is 10.6 Å². The number of hydrogen-bond acceptors (Lipinski definition) is 4. The molecule has 8 heteroatoms. The summed E-state index contributed by atoms with van der Waals surface area (Å²) in [5.41, 5.74) is 1.51. The van der Waals surface area contributed by atoms with Crippen molar-refractivity contribution in [2.75, 3.05) is 33.6 Å². The Bertz CT molecular complexity index is 595. The maximum absolute atomic E-state index is 13.8. The number of rotatable bonds is 4. The Morgan fingerprint density at radius 3 is 2.80 bits per heavy atom. The summed E-state index contributed by atoms with van der Waals surface area (Å²) in [5, 5.41) is 6.55. The van der Waals surface area contributed by atoms with Crippen molar-refractivity contribution in [2.45, 2.75) is 26.0 Å². The Balaban J connectivity index is 0.00000225. The van der Waals surface area contributed by atoms with E-state index in [9.17, 15) is 4.39 Å². The van der Waals surface area contributed by atoms with E-state index in [4.69, 9.17) is 14.2 Å². The van der Waals surface area contributed by atoms with Gasteiger partial charge in [0.15, 0.2) is 12.8 Å². The number of guanidine groups is 1. The van der Waals surface area contributed by atoms with Crippen molar-refractivity contribution in [3.63, 3.8) is 0 Å². The minimum Gasteiger partial charge on any atom is -0.467 e. The molecule has 0 unspecified atom stereocenters. The molecule has 140 valence electrons. The summed E-state index contributed by atoms with van der Waals surface area (Å²) in [6.45, 7) is 3.52. The molecule has 6 nitrogen and oxygen atoms in total. The van der Waals surface area contributed by atoms with Gasteiger partial charge in [-0.25, -0.2) is 4.39 Å². The third-order valence-electron chi connectivity index (χ3n) is 4.32. The Morgan fingerprint density at radius 2 is 2.04 bits per heavy atom. The number of ether oxygens (including phenoxy) is 3. The van der Waals surface area contributed by atoms with E-state index in [0.29, 0.717) is 30.8 Å². The molecule has 2 heterocycles. The minimum absolute atomic E-state index is 0. The maximum Gasteiger partial charge on any atom is 0.191 e. The van der Waals surface area contributed by atoms with Crippen LogP contribution in [0.5, 0.6) is 5.75 Å². The lowest BCUT2D eigenvalue weighted by molar-refractivity contribution is -0.0173. The summed E-state index contributed by atoms with van der Waals surface area (Å²) < 4.78 is 29.9. The van der Waals surface area contributed by atoms with Crippen LogP contribution in [0.3, 0.4) is 0 Å². The molecular formula is C17H25FIN3O3. The molecule has 3 rings (SSSR count). The second-order valence-corrected chi connectivity index (χ2v) is 6.03. The van der Waals surface area contributed by atoms with Crippen molar-refractivity contribution in [3.8, 4) is 5.75 Å². The molecule has 0 amide bonds. The number of benzene rings is 1. The number of halogens is 2. The summed E-state index contributed by atoms with van der Waals surface area (Å²) in [6.07, 6.45) is 2.13. The Hall–Kier alpha value is -1.13. The fourth-order valence-corrected chi connectivity index (χ4v) is 2.98. The van der Waals surface area contributed by atoms with Crippen molar-refractivity contribution in [1.29, 1.82) is 0 Å². The zero-order chi connectivity index (χ0) is 16.8. The van der Waals surface area contributed by atoms with Crippen LogP contribution in [0.4, 0.5) is 4.39 Å². The third-order valence-corrected chi connectivity index (χ3v) is 4.32. The van der Waals surface area contributed by atoms with Crippen molar-refractivity contribution >= 4 is 29.9 Å². The first-order valence-electron chi connectivity index (χ1n) is 8.30. The molecule has 0 saturated carbocycles. The van der Waals surface area contributed by atoms with E-state index < -0.39 is 0 Å². The topological polar surface area (TPSA) is 64.1 Å². The van der Waals surface area contributed by atoms with E-state index in [1.807, 2.05) is 0 Å². The monoisotopic (exact) mass is 465 g/mol. The normalized spacial score (nSPS) is 17.9. The highest BCUT2D eigenvalue weighted by Crippen LogP contribution is 2.29. The average molecular weight is 465 g/mol. The van der Waals surface area contributed by atoms with E-state index in [1.165, 1.54) is 12.1 Å². The van der Waals surface area contributed by atoms with Crippen LogP contribution in [-0.4, -0.2) is 39.6 Å². The lowest BCUT2D eigenvalue weighted by atomic mass is 10.0. The molecule has 1 aromatic rings. The highest BCUT2D eigenvalue weighted by Gasteiger charge is 2.18. The first-order valence-corrected chi connectivity index (χ1v) is 8.30. The summed E-state index contributed by atoms with van der Waals surface area (Å²) in [5.74, 6) is 1.71. The van der Waals surface area contributed by atoms with Gasteiger partial charge in [0.25, 0.3) is 0 Å². The van der Waals surface area contributed by atoms with Gasteiger partial charge in [-0.15, -0.1) is 24.0 Å². The zero-order valence-corrected chi connectivity index (χ0v) is 16.7. The standard InChI is InChI=1S/C17H24FN3O3.HI/c1-19-17(20-8-12-2-4-22-5-3-12)21-9-13-6-15(18)7-14-10-23-11-24-16(13)14;/h6-7,12H,2-5,8-11H2,1H3,(H2,19,20,21);1H. The summed E-state index contributed by atoms with van der Waals surface area (Å²) >= 11 is 0. The third kappa shape index (κ3) is 5.68. The van der Waals surface area contributed by atoms with Crippen LogP contribution in [0.15, 0.2) is 17.1 Å². The summed E-state index contributed by atoms with van der Waals surface area (Å²) in [7, 11) is 1.73. The van der Waals surface area contributed by atoms with Gasteiger partial charge in [0.05, 0.1) is 6.61 Å². The van der Waals surface area contributed by atoms with Gasteiger partial charge in [-0.05, 0) is 30.9 Å². The van der Waals surface area contributed by atoms with Crippen LogP contribution in [0.2, 0.25) is 0 Å². The lowest BCUT2D eigenvalue weighted by Gasteiger charge is -2.24. The largest absolute Gasteiger partial charge is 0.467 e. The molecule has 0 aromatic heterocycles. The first kappa shape index (κ1) is 20.2. The molecule has 0 radical (unpaired) electrons. The van der Waals surface area contributed by atoms with Crippen LogP contribution in [0, 0.1) is 11.7 Å². The molecule has 1 saturated heterocycles. The second-order valence-electron chi connectivity index (χ2n) is 6.03.